The van der Waals surface area contributed by atoms with Crippen LogP contribution < -0.4 is 5.73 Å². The second kappa shape index (κ2) is 6.48. The van der Waals surface area contributed by atoms with Gasteiger partial charge in [-0.2, -0.15) is 0 Å². The average molecular weight is 379 g/mol. The lowest BCUT2D eigenvalue weighted by Gasteiger charge is -2.16. The summed E-state index contributed by atoms with van der Waals surface area (Å²) in [7, 11) is 0. The summed E-state index contributed by atoms with van der Waals surface area (Å²) in [6, 6.07) is 7.10. The number of hydrogen-bond acceptors (Lipinski definition) is 6. The van der Waals surface area contributed by atoms with E-state index in [-0.39, 0.29) is 5.82 Å². The molecule has 1 fully saturated rings. The second-order valence-electron chi connectivity index (χ2n) is 6.10. The summed E-state index contributed by atoms with van der Waals surface area (Å²) in [5, 5.41) is 20.6. The standard InChI is InChI=1S/C17H16ClFN4O3/c18-9-3-1-8(2-4-9)10-5-23(16-12(10)15(20)21-7-22-16)17-14(25)13(19)11(6-24)26-17/h1-5,7,11,13-14,17,24-25H,6H2,(H2,20,21,22)/t11-,13+,14-,17-/m1/s1. The van der Waals surface area contributed by atoms with Gasteiger partial charge in [0.1, 0.15) is 30.0 Å². The van der Waals surface area contributed by atoms with E-state index in [0.29, 0.717) is 21.6 Å². The summed E-state index contributed by atoms with van der Waals surface area (Å²) in [5.74, 6) is 0.252. The molecule has 4 atom stereocenters. The Morgan fingerprint density at radius 1 is 1.27 bits per heavy atom. The monoisotopic (exact) mass is 378 g/mol. The van der Waals surface area contributed by atoms with Crippen molar-refractivity contribution in [3.8, 4) is 11.1 Å². The summed E-state index contributed by atoms with van der Waals surface area (Å²) in [6.45, 7) is -0.533. The molecular weight excluding hydrogens is 363 g/mol. The number of aliphatic hydroxyl groups is 2. The third kappa shape index (κ3) is 2.62. The molecule has 26 heavy (non-hydrogen) atoms. The van der Waals surface area contributed by atoms with E-state index in [9.17, 15) is 14.6 Å². The zero-order chi connectivity index (χ0) is 18.4. The third-order valence-electron chi connectivity index (χ3n) is 4.54. The summed E-state index contributed by atoms with van der Waals surface area (Å²) < 4.78 is 21.2. The molecule has 0 aliphatic carbocycles. The number of aromatic nitrogens is 3. The fourth-order valence-electron chi connectivity index (χ4n) is 3.24. The Balaban J connectivity index is 1.89. The molecule has 2 aromatic heterocycles. The van der Waals surface area contributed by atoms with Crippen molar-refractivity contribution in [3.05, 3.63) is 41.8 Å². The Bertz CT molecular complexity index is 949. The van der Waals surface area contributed by atoms with Crippen molar-refractivity contribution in [2.45, 2.75) is 24.6 Å². The molecule has 0 radical (unpaired) electrons. The van der Waals surface area contributed by atoms with E-state index in [1.807, 2.05) is 12.1 Å². The lowest BCUT2D eigenvalue weighted by atomic mass is 10.1. The van der Waals surface area contributed by atoms with Gasteiger partial charge in [-0.1, -0.05) is 23.7 Å². The first kappa shape index (κ1) is 17.2. The molecule has 1 saturated heterocycles. The minimum atomic E-state index is -1.71. The van der Waals surface area contributed by atoms with Gasteiger partial charge < -0.3 is 25.3 Å². The summed E-state index contributed by atoms with van der Waals surface area (Å²) in [5.41, 5.74) is 7.95. The van der Waals surface area contributed by atoms with E-state index in [2.05, 4.69) is 9.97 Å². The minimum Gasteiger partial charge on any atom is -0.394 e. The highest BCUT2D eigenvalue weighted by atomic mass is 35.5. The minimum absolute atomic E-state index is 0.252. The van der Waals surface area contributed by atoms with Gasteiger partial charge in [0, 0.05) is 16.8 Å². The number of fused-ring (bicyclic) bond motifs is 1. The highest BCUT2D eigenvalue weighted by Gasteiger charge is 2.45. The van der Waals surface area contributed by atoms with Crippen LogP contribution in [0, 0.1) is 0 Å². The van der Waals surface area contributed by atoms with Crippen molar-refractivity contribution in [1.29, 1.82) is 0 Å². The number of nitrogens with zero attached hydrogens (tertiary/aromatic N) is 3. The predicted molar refractivity (Wildman–Crippen MR) is 94.3 cm³/mol. The molecule has 1 aliphatic heterocycles. The van der Waals surface area contributed by atoms with E-state index < -0.39 is 31.2 Å². The van der Waals surface area contributed by atoms with Gasteiger partial charge in [-0.05, 0) is 17.7 Å². The molecule has 0 bridgehead atoms. The van der Waals surface area contributed by atoms with E-state index in [4.69, 9.17) is 22.1 Å². The van der Waals surface area contributed by atoms with Crippen LogP contribution in [-0.2, 0) is 4.74 Å². The summed E-state index contributed by atoms with van der Waals surface area (Å²) in [6.07, 6.45) is -2.33. The number of ether oxygens (including phenoxy) is 1. The quantitative estimate of drug-likeness (QED) is 0.643. The number of alkyl halides is 1. The molecule has 0 amide bonds. The van der Waals surface area contributed by atoms with Gasteiger partial charge in [-0.25, -0.2) is 14.4 Å². The molecular formula is C17H16ClFN4O3. The number of nitrogens with two attached hydrogens (primary N) is 1. The van der Waals surface area contributed by atoms with Crippen LogP contribution in [0.2, 0.25) is 5.02 Å². The molecule has 4 rings (SSSR count). The van der Waals surface area contributed by atoms with Crippen LogP contribution in [0.5, 0.6) is 0 Å². The highest BCUT2D eigenvalue weighted by Crippen LogP contribution is 2.39. The van der Waals surface area contributed by atoms with Crippen LogP contribution in [0.15, 0.2) is 36.8 Å². The first-order valence-electron chi connectivity index (χ1n) is 7.96. The lowest BCUT2D eigenvalue weighted by Crippen LogP contribution is -2.29. The molecule has 1 aliphatic rings. The van der Waals surface area contributed by atoms with Crippen molar-refractivity contribution in [2.75, 3.05) is 12.3 Å². The van der Waals surface area contributed by atoms with E-state index >= 15 is 0 Å². The predicted octanol–water partition coefficient (Wildman–Crippen LogP) is 1.92. The van der Waals surface area contributed by atoms with E-state index in [1.54, 1.807) is 18.3 Å². The molecule has 7 nitrogen and oxygen atoms in total. The van der Waals surface area contributed by atoms with Gasteiger partial charge in [0.15, 0.2) is 12.4 Å². The molecule has 136 valence electrons. The van der Waals surface area contributed by atoms with Crippen molar-refractivity contribution in [2.24, 2.45) is 0 Å². The fourth-order valence-corrected chi connectivity index (χ4v) is 3.36. The van der Waals surface area contributed by atoms with Crippen molar-refractivity contribution in [3.63, 3.8) is 0 Å². The molecule has 3 aromatic rings. The summed E-state index contributed by atoms with van der Waals surface area (Å²) in [4.78, 5) is 8.26. The van der Waals surface area contributed by atoms with Crippen LogP contribution in [0.3, 0.4) is 0 Å². The Hall–Kier alpha value is -2.26. The largest absolute Gasteiger partial charge is 0.394 e. The lowest BCUT2D eigenvalue weighted by molar-refractivity contribution is -0.0492. The SMILES string of the molecule is Nc1ncnc2c1c(-c1ccc(Cl)cc1)cn2[C@@H]1O[C@H](CO)[C@H](F)[C@H]1O. The maximum Gasteiger partial charge on any atom is 0.164 e. The summed E-state index contributed by atoms with van der Waals surface area (Å²) >= 11 is 5.95. The molecule has 3 heterocycles. The highest BCUT2D eigenvalue weighted by molar-refractivity contribution is 6.30. The van der Waals surface area contributed by atoms with Gasteiger partial charge in [-0.15, -0.1) is 0 Å². The Labute approximate surface area is 152 Å². The normalized spacial score (nSPS) is 25.8. The second-order valence-corrected chi connectivity index (χ2v) is 6.53. The number of rotatable bonds is 3. The Morgan fingerprint density at radius 3 is 2.65 bits per heavy atom. The Morgan fingerprint density at radius 2 is 2.00 bits per heavy atom. The number of halogens is 2. The maximum absolute atomic E-state index is 14.2. The van der Waals surface area contributed by atoms with Crippen LogP contribution >= 0.6 is 11.6 Å². The maximum atomic E-state index is 14.2. The van der Waals surface area contributed by atoms with Gasteiger partial charge in [-0.3, -0.25) is 0 Å². The number of aliphatic hydroxyl groups excluding tert-OH is 2. The van der Waals surface area contributed by atoms with Crippen molar-refractivity contribution >= 4 is 28.5 Å². The molecule has 1 aromatic carbocycles. The average Bonchev–Trinajstić information content (AvgIpc) is 3.15. The van der Waals surface area contributed by atoms with Crippen LogP contribution in [0.4, 0.5) is 10.2 Å². The van der Waals surface area contributed by atoms with Crippen molar-refractivity contribution < 1.29 is 19.3 Å². The van der Waals surface area contributed by atoms with Gasteiger partial charge in [0.25, 0.3) is 0 Å². The topological polar surface area (TPSA) is 106 Å². The van der Waals surface area contributed by atoms with Gasteiger partial charge in [0.05, 0.1) is 12.0 Å². The number of anilines is 1. The molecule has 0 unspecified atom stereocenters. The molecule has 0 saturated carbocycles. The van der Waals surface area contributed by atoms with Gasteiger partial charge >= 0.3 is 0 Å². The smallest absolute Gasteiger partial charge is 0.164 e. The van der Waals surface area contributed by atoms with Crippen LogP contribution in [0.1, 0.15) is 6.23 Å². The van der Waals surface area contributed by atoms with E-state index in [0.717, 1.165) is 5.56 Å². The number of nitrogen functional groups attached to an aromatic ring is 1. The molecule has 4 N–H and O–H groups in total. The molecule has 9 heteroatoms. The molecule has 0 spiro atoms. The van der Waals surface area contributed by atoms with Crippen LogP contribution in [0.25, 0.3) is 22.2 Å². The third-order valence-corrected chi connectivity index (χ3v) is 4.79. The zero-order valence-corrected chi connectivity index (χ0v) is 14.2. The first-order valence-corrected chi connectivity index (χ1v) is 8.34. The first-order chi connectivity index (χ1) is 12.5. The van der Waals surface area contributed by atoms with Crippen molar-refractivity contribution in [1.82, 2.24) is 14.5 Å². The van der Waals surface area contributed by atoms with E-state index in [1.165, 1.54) is 10.9 Å². The fraction of sp³-hybridized carbons (Fsp3) is 0.294. The number of hydrogen-bond donors (Lipinski definition) is 3. The van der Waals surface area contributed by atoms with Gasteiger partial charge in [0.2, 0.25) is 0 Å². The Kier molecular flexibility index (Phi) is 4.28. The number of benzene rings is 1. The van der Waals surface area contributed by atoms with Crippen LogP contribution in [-0.4, -0.2) is 49.7 Å². The zero-order valence-electron chi connectivity index (χ0n) is 13.5.